The Kier molecular flexibility index (Phi) is 7.24. The molecule has 3 N–H and O–H groups in total. The molecule has 2 aromatic rings. The van der Waals surface area contributed by atoms with Gasteiger partial charge in [-0.3, -0.25) is 20.4 Å². The smallest absolute Gasteiger partial charge is 0.279 e. The van der Waals surface area contributed by atoms with Crippen LogP contribution in [-0.4, -0.2) is 32.4 Å². The Morgan fingerprint density at radius 2 is 1.77 bits per heavy atom. The SMILES string of the molecule is CC(Oc1ccccc1F)C(=O)NNC(=O)CCc1ccc(S(=O)(=O)NC2CC2)cc1. The number of sulfonamides is 1. The molecule has 3 rings (SSSR count). The predicted molar refractivity (Wildman–Crippen MR) is 111 cm³/mol. The first-order chi connectivity index (χ1) is 14.7. The molecule has 0 saturated heterocycles. The van der Waals surface area contributed by atoms with Gasteiger partial charge in [-0.15, -0.1) is 0 Å². The van der Waals surface area contributed by atoms with Gasteiger partial charge in [-0.25, -0.2) is 17.5 Å². The Morgan fingerprint density at radius 3 is 2.42 bits per heavy atom. The van der Waals surface area contributed by atoms with Crippen molar-refractivity contribution in [1.82, 2.24) is 15.6 Å². The molecule has 0 spiro atoms. The molecule has 1 fully saturated rings. The van der Waals surface area contributed by atoms with Gasteiger partial charge >= 0.3 is 0 Å². The standard InChI is InChI=1S/C21H24FN3O5S/c1-14(30-19-5-3-2-4-18(19)22)21(27)24-23-20(26)13-8-15-6-11-17(12-7-15)31(28,29)25-16-9-10-16/h2-7,11-12,14,16,25H,8-10,13H2,1H3,(H,23,26)(H,24,27). The molecule has 0 radical (unpaired) electrons. The van der Waals surface area contributed by atoms with Gasteiger partial charge in [-0.1, -0.05) is 24.3 Å². The molecule has 10 heteroatoms. The monoisotopic (exact) mass is 449 g/mol. The van der Waals surface area contributed by atoms with E-state index in [0.29, 0.717) is 6.42 Å². The van der Waals surface area contributed by atoms with Crippen LogP contribution in [0.1, 0.15) is 31.7 Å². The molecule has 31 heavy (non-hydrogen) atoms. The van der Waals surface area contributed by atoms with Crippen molar-refractivity contribution >= 4 is 21.8 Å². The molecule has 1 unspecified atom stereocenters. The summed E-state index contributed by atoms with van der Waals surface area (Å²) in [6.45, 7) is 1.43. The normalized spacial score (nSPS) is 14.5. The van der Waals surface area contributed by atoms with Crippen molar-refractivity contribution in [1.29, 1.82) is 0 Å². The molecule has 2 amide bonds. The highest BCUT2D eigenvalue weighted by Gasteiger charge is 2.27. The predicted octanol–water partition coefficient (Wildman–Crippen LogP) is 1.81. The molecule has 166 valence electrons. The van der Waals surface area contributed by atoms with Gasteiger partial charge in [0.15, 0.2) is 17.7 Å². The molecule has 1 aliphatic carbocycles. The third kappa shape index (κ3) is 6.76. The van der Waals surface area contributed by atoms with E-state index in [1.165, 1.54) is 37.3 Å². The minimum atomic E-state index is -3.51. The number of para-hydroxylation sites is 1. The third-order valence-electron chi connectivity index (χ3n) is 4.61. The minimum absolute atomic E-state index is 0.0309. The molecule has 8 nitrogen and oxygen atoms in total. The maximum Gasteiger partial charge on any atom is 0.279 e. The quantitative estimate of drug-likeness (QED) is 0.506. The lowest BCUT2D eigenvalue weighted by molar-refractivity contribution is -0.132. The van der Waals surface area contributed by atoms with Gasteiger partial charge in [-0.05, 0) is 56.0 Å². The number of carbonyl (C=O) groups is 2. The van der Waals surface area contributed by atoms with Crippen LogP contribution >= 0.6 is 0 Å². The first-order valence-electron chi connectivity index (χ1n) is 9.86. The second-order valence-corrected chi connectivity index (χ2v) is 8.98. The lowest BCUT2D eigenvalue weighted by Gasteiger charge is -2.15. The zero-order chi connectivity index (χ0) is 22.4. The lowest BCUT2D eigenvalue weighted by atomic mass is 10.1. The van der Waals surface area contributed by atoms with Crippen LogP contribution in [0.15, 0.2) is 53.4 Å². The second-order valence-electron chi connectivity index (χ2n) is 7.27. The number of nitrogens with one attached hydrogen (secondary N) is 3. The van der Waals surface area contributed by atoms with Crippen LogP contribution in [0, 0.1) is 5.82 Å². The number of hydrogen-bond acceptors (Lipinski definition) is 5. The Labute approximate surface area is 180 Å². The molecule has 0 aliphatic heterocycles. The van der Waals surface area contributed by atoms with Gasteiger partial charge in [0.1, 0.15) is 0 Å². The molecule has 2 aromatic carbocycles. The fourth-order valence-corrected chi connectivity index (χ4v) is 3.97. The van der Waals surface area contributed by atoms with E-state index in [2.05, 4.69) is 15.6 Å². The topological polar surface area (TPSA) is 114 Å². The van der Waals surface area contributed by atoms with Crippen LogP contribution < -0.4 is 20.3 Å². The first-order valence-corrected chi connectivity index (χ1v) is 11.3. The number of ether oxygens (including phenoxy) is 1. The highest BCUT2D eigenvalue weighted by Crippen LogP contribution is 2.22. The van der Waals surface area contributed by atoms with Gasteiger partial charge in [0, 0.05) is 12.5 Å². The summed E-state index contributed by atoms with van der Waals surface area (Å²) in [6, 6.07) is 12.0. The zero-order valence-corrected chi connectivity index (χ0v) is 17.7. The summed E-state index contributed by atoms with van der Waals surface area (Å²) in [5.41, 5.74) is 5.30. The van der Waals surface area contributed by atoms with Gasteiger partial charge in [0.05, 0.1) is 4.90 Å². The van der Waals surface area contributed by atoms with Crippen molar-refractivity contribution in [3.05, 3.63) is 59.9 Å². The largest absolute Gasteiger partial charge is 0.478 e. The number of benzene rings is 2. The zero-order valence-electron chi connectivity index (χ0n) is 16.9. The van der Waals surface area contributed by atoms with Crippen LogP contribution in [0.25, 0.3) is 0 Å². The van der Waals surface area contributed by atoms with Crippen LogP contribution in [0.3, 0.4) is 0 Å². The van der Waals surface area contributed by atoms with Crippen molar-refractivity contribution < 1.29 is 27.1 Å². The number of hydrazine groups is 1. The minimum Gasteiger partial charge on any atom is -0.478 e. The van der Waals surface area contributed by atoms with Crippen LogP contribution in [0.4, 0.5) is 4.39 Å². The van der Waals surface area contributed by atoms with E-state index in [-0.39, 0.29) is 23.1 Å². The van der Waals surface area contributed by atoms with Gasteiger partial charge in [-0.2, -0.15) is 0 Å². The summed E-state index contributed by atoms with van der Waals surface area (Å²) in [7, 11) is -3.51. The maximum absolute atomic E-state index is 13.6. The average Bonchev–Trinajstić information content (AvgIpc) is 3.55. The number of aryl methyl sites for hydroxylation is 1. The summed E-state index contributed by atoms with van der Waals surface area (Å²) in [5, 5.41) is 0. The Hall–Kier alpha value is -2.98. The molecule has 1 atom stereocenters. The number of carbonyl (C=O) groups excluding carboxylic acids is 2. The maximum atomic E-state index is 13.6. The average molecular weight is 450 g/mol. The van der Waals surface area contributed by atoms with E-state index >= 15 is 0 Å². The fraction of sp³-hybridized carbons (Fsp3) is 0.333. The van der Waals surface area contributed by atoms with Crippen LogP contribution in [0.2, 0.25) is 0 Å². The number of rotatable bonds is 9. The molecular formula is C21H24FN3O5S. The summed E-state index contributed by atoms with van der Waals surface area (Å²) in [4.78, 5) is 24.2. The third-order valence-corrected chi connectivity index (χ3v) is 6.14. The van der Waals surface area contributed by atoms with Crippen molar-refractivity contribution in [3.8, 4) is 5.75 Å². The highest BCUT2D eigenvalue weighted by molar-refractivity contribution is 7.89. The summed E-state index contributed by atoms with van der Waals surface area (Å²) in [6.07, 6.45) is 1.14. The number of amides is 2. The summed E-state index contributed by atoms with van der Waals surface area (Å²) < 4.78 is 45.7. The van der Waals surface area contributed by atoms with E-state index in [0.717, 1.165) is 18.4 Å². The van der Waals surface area contributed by atoms with Gasteiger partial charge < -0.3 is 4.74 Å². The Balaban J connectivity index is 1.41. The van der Waals surface area contributed by atoms with E-state index < -0.39 is 33.8 Å². The van der Waals surface area contributed by atoms with Crippen molar-refractivity contribution in [2.45, 2.75) is 49.6 Å². The van der Waals surface area contributed by atoms with Gasteiger partial charge in [0.25, 0.3) is 5.91 Å². The van der Waals surface area contributed by atoms with Crippen molar-refractivity contribution in [2.24, 2.45) is 0 Å². The number of hydrogen-bond donors (Lipinski definition) is 3. The van der Waals surface area contributed by atoms with E-state index in [4.69, 9.17) is 4.74 Å². The lowest BCUT2D eigenvalue weighted by Crippen LogP contribution is -2.47. The fourth-order valence-electron chi connectivity index (χ4n) is 2.66. The van der Waals surface area contributed by atoms with E-state index in [1.807, 2.05) is 0 Å². The molecule has 0 bridgehead atoms. The molecule has 0 heterocycles. The van der Waals surface area contributed by atoms with E-state index in [1.54, 1.807) is 18.2 Å². The molecule has 1 saturated carbocycles. The van der Waals surface area contributed by atoms with E-state index in [9.17, 15) is 22.4 Å². The first kappa shape index (κ1) is 22.7. The van der Waals surface area contributed by atoms with Crippen molar-refractivity contribution in [3.63, 3.8) is 0 Å². The van der Waals surface area contributed by atoms with Crippen LogP contribution in [-0.2, 0) is 26.0 Å². The van der Waals surface area contributed by atoms with Gasteiger partial charge in [0.2, 0.25) is 15.9 Å². The summed E-state index contributed by atoms with van der Waals surface area (Å²) >= 11 is 0. The van der Waals surface area contributed by atoms with Crippen LogP contribution in [0.5, 0.6) is 5.75 Å². The summed E-state index contributed by atoms with van der Waals surface area (Å²) in [5.74, 6) is -1.71. The Morgan fingerprint density at radius 1 is 1.10 bits per heavy atom. The van der Waals surface area contributed by atoms with Crippen molar-refractivity contribution in [2.75, 3.05) is 0 Å². The molecular weight excluding hydrogens is 425 g/mol. The second kappa shape index (κ2) is 9.88. The Bertz CT molecular complexity index is 1040. The molecule has 1 aliphatic rings. The highest BCUT2D eigenvalue weighted by atomic mass is 32.2. The molecule has 0 aromatic heterocycles. The number of halogens is 1.